The highest BCUT2D eigenvalue weighted by Crippen LogP contribution is 2.10. The van der Waals surface area contributed by atoms with Crippen molar-refractivity contribution in [3.8, 4) is 6.07 Å². The Morgan fingerprint density at radius 2 is 2.14 bits per heavy atom. The molecular formula is C11H15N3. The van der Waals surface area contributed by atoms with Crippen LogP contribution in [0.1, 0.15) is 16.7 Å². The van der Waals surface area contributed by atoms with E-state index in [1.165, 1.54) is 5.56 Å². The van der Waals surface area contributed by atoms with Crippen molar-refractivity contribution in [2.24, 2.45) is 0 Å². The fourth-order valence-corrected chi connectivity index (χ4v) is 1.21. The molecule has 0 atom stereocenters. The molecule has 74 valence electrons. The van der Waals surface area contributed by atoms with Crippen LogP contribution in [0.15, 0.2) is 18.2 Å². The number of nitriles is 1. The number of benzene rings is 1. The predicted molar refractivity (Wildman–Crippen MR) is 56.4 cm³/mol. The topological polar surface area (TPSA) is 39.1 Å². The fraction of sp³-hybridized carbons (Fsp3) is 0.364. The Balaban J connectivity index is 2.75. The second-order valence-corrected chi connectivity index (χ2v) is 3.48. The summed E-state index contributed by atoms with van der Waals surface area (Å²) in [6.45, 7) is 2.82. The fourth-order valence-electron chi connectivity index (χ4n) is 1.21. The van der Waals surface area contributed by atoms with Gasteiger partial charge in [0.25, 0.3) is 0 Å². The molecule has 14 heavy (non-hydrogen) atoms. The molecule has 1 aromatic carbocycles. The second-order valence-electron chi connectivity index (χ2n) is 3.48. The van der Waals surface area contributed by atoms with E-state index in [2.05, 4.69) is 11.5 Å². The highest BCUT2D eigenvalue weighted by atomic mass is 15.5. The summed E-state index contributed by atoms with van der Waals surface area (Å²) < 4.78 is 0. The van der Waals surface area contributed by atoms with E-state index in [0.717, 1.165) is 17.7 Å². The summed E-state index contributed by atoms with van der Waals surface area (Å²) in [5, 5.41) is 10.6. The molecule has 0 saturated carbocycles. The van der Waals surface area contributed by atoms with Crippen LogP contribution in [0.3, 0.4) is 0 Å². The molecule has 0 radical (unpaired) electrons. The minimum Gasteiger partial charge on any atom is -0.251 e. The lowest BCUT2D eigenvalue weighted by atomic mass is 10.1. The molecule has 0 heterocycles. The zero-order valence-electron chi connectivity index (χ0n) is 8.83. The van der Waals surface area contributed by atoms with E-state index < -0.39 is 0 Å². The van der Waals surface area contributed by atoms with Gasteiger partial charge in [-0.3, -0.25) is 10.4 Å². The maximum absolute atomic E-state index is 8.70. The molecule has 0 aliphatic rings. The van der Waals surface area contributed by atoms with Gasteiger partial charge in [0.1, 0.15) is 0 Å². The summed E-state index contributed by atoms with van der Waals surface area (Å²) in [6, 6.07) is 7.88. The summed E-state index contributed by atoms with van der Waals surface area (Å²) in [6.07, 6.45) is 0. The van der Waals surface area contributed by atoms with Crippen LogP contribution in [0, 0.1) is 18.3 Å². The van der Waals surface area contributed by atoms with Gasteiger partial charge in [0.05, 0.1) is 11.6 Å². The van der Waals surface area contributed by atoms with Gasteiger partial charge in [-0.1, -0.05) is 6.07 Å². The molecule has 0 spiro atoms. The van der Waals surface area contributed by atoms with Crippen LogP contribution < -0.4 is 5.43 Å². The lowest BCUT2D eigenvalue weighted by molar-refractivity contribution is 0.285. The van der Waals surface area contributed by atoms with Crippen molar-refractivity contribution in [1.82, 2.24) is 10.4 Å². The van der Waals surface area contributed by atoms with E-state index in [-0.39, 0.29) is 0 Å². The molecule has 0 fully saturated rings. The van der Waals surface area contributed by atoms with Gasteiger partial charge < -0.3 is 0 Å². The molecule has 0 aliphatic carbocycles. The molecule has 0 aromatic heterocycles. The summed E-state index contributed by atoms with van der Waals surface area (Å²) in [5.74, 6) is 0. The van der Waals surface area contributed by atoms with E-state index >= 15 is 0 Å². The molecule has 1 rings (SSSR count). The molecule has 0 saturated heterocycles. The van der Waals surface area contributed by atoms with Crippen molar-refractivity contribution in [3.63, 3.8) is 0 Å². The Bertz CT molecular complexity index is 350. The number of rotatable bonds is 3. The smallest absolute Gasteiger partial charge is 0.0991 e. The average molecular weight is 189 g/mol. The van der Waals surface area contributed by atoms with Crippen LogP contribution in [-0.2, 0) is 6.54 Å². The second kappa shape index (κ2) is 4.75. The SMILES string of the molecule is Cc1cc(C#N)ccc1CNN(C)C. The molecule has 3 nitrogen and oxygen atoms in total. The summed E-state index contributed by atoms with van der Waals surface area (Å²) in [4.78, 5) is 0. The lowest BCUT2D eigenvalue weighted by Gasteiger charge is -2.13. The number of hydrogen-bond donors (Lipinski definition) is 1. The first-order chi connectivity index (χ1) is 6.63. The van der Waals surface area contributed by atoms with Crippen LogP contribution in [0.4, 0.5) is 0 Å². The Labute approximate surface area is 84.9 Å². The number of nitrogens with one attached hydrogen (secondary N) is 1. The molecule has 1 aromatic rings. The van der Waals surface area contributed by atoms with E-state index in [4.69, 9.17) is 5.26 Å². The largest absolute Gasteiger partial charge is 0.251 e. The molecule has 0 aliphatic heterocycles. The van der Waals surface area contributed by atoms with Crippen molar-refractivity contribution in [2.75, 3.05) is 14.1 Å². The maximum Gasteiger partial charge on any atom is 0.0991 e. The summed E-state index contributed by atoms with van der Waals surface area (Å²) in [7, 11) is 3.91. The first-order valence-electron chi connectivity index (χ1n) is 4.54. The van der Waals surface area contributed by atoms with Gasteiger partial charge in [-0.25, -0.2) is 0 Å². The van der Waals surface area contributed by atoms with Gasteiger partial charge >= 0.3 is 0 Å². The lowest BCUT2D eigenvalue weighted by Crippen LogP contribution is -2.29. The zero-order chi connectivity index (χ0) is 10.6. The summed E-state index contributed by atoms with van der Waals surface area (Å²) >= 11 is 0. The van der Waals surface area contributed by atoms with E-state index in [9.17, 15) is 0 Å². The molecular weight excluding hydrogens is 174 g/mol. The van der Waals surface area contributed by atoms with Gasteiger partial charge in [-0.15, -0.1) is 0 Å². The van der Waals surface area contributed by atoms with Gasteiger partial charge in [0, 0.05) is 20.6 Å². The van der Waals surface area contributed by atoms with Crippen LogP contribution in [0.5, 0.6) is 0 Å². The molecule has 0 bridgehead atoms. The minimum absolute atomic E-state index is 0.719. The first kappa shape index (κ1) is 10.7. The van der Waals surface area contributed by atoms with E-state index in [0.29, 0.717) is 0 Å². The van der Waals surface area contributed by atoms with Crippen LogP contribution in [0.25, 0.3) is 0 Å². The number of hydrazine groups is 1. The van der Waals surface area contributed by atoms with Crippen molar-refractivity contribution in [3.05, 3.63) is 34.9 Å². The first-order valence-corrected chi connectivity index (χ1v) is 4.54. The van der Waals surface area contributed by atoms with E-state index in [1.807, 2.05) is 44.2 Å². The molecule has 0 amide bonds. The summed E-state index contributed by atoms with van der Waals surface area (Å²) in [5.41, 5.74) is 6.28. The molecule has 3 heteroatoms. The van der Waals surface area contributed by atoms with Crippen molar-refractivity contribution < 1.29 is 0 Å². The van der Waals surface area contributed by atoms with Crippen molar-refractivity contribution >= 4 is 0 Å². The number of nitrogens with zero attached hydrogens (tertiary/aromatic N) is 2. The minimum atomic E-state index is 0.719. The Morgan fingerprint density at radius 3 is 2.64 bits per heavy atom. The zero-order valence-corrected chi connectivity index (χ0v) is 8.83. The van der Waals surface area contributed by atoms with Gasteiger partial charge in [-0.2, -0.15) is 5.26 Å². The predicted octanol–water partition coefficient (Wildman–Crippen LogP) is 1.43. The van der Waals surface area contributed by atoms with Crippen LogP contribution in [0.2, 0.25) is 0 Å². The van der Waals surface area contributed by atoms with Crippen LogP contribution in [-0.4, -0.2) is 19.1 Å². The molecule has 0 unspecified atom stereocenters. The highest BCUT2D eigenvalue weighted by molar-refractivity contribution is 5.37. The Kier molecular flexibility index (Phi) is 3.63. The maximum atomic E-state index is 8.70. The number of aryl methyl sites for hydroxylation is 1. The highest BCUT2D eigenvalue weighted by Gasteiger charge is 1.99. The monoisotopic (exact) mass is 189 g/mol. The Hall–Kier alpha value is -1.37. The Morgan fingerprint density at radius 1 is 1.43 bits per heavy atom. The molecule has 1 N–H and O–H groups in total. The number of hydrogen-bond acceptors (Lipinski definition) is 3. The average Bonchev–Trinajstić information content (AvgIpc) is 2.15. The van der Waals surface area contributed by atoms with Gasteiger partial charge in [-0.05, 0) is 30.2 Å². The van der Waals surface area contributed by atoms with Crippen molar-refractivity contribution in [2.45, 2.75) is 13.5 Å². The third-order valence-electron chi connectivity index (χ3n) is 2.06. The van der Waals surface area contributed by atoms with E-state index in [1.54, 1.807) is 0 Å². The van der Waals surface area contributed by atoms with Gasteiger partial charge in [0.2, 0.25) is 0 Å². The van der Waals surface area contributed by atoms with Gasteiger partial charge in [0.15, 0.2) is 0 Å². The normalized spacial score (nSPS) is 10.2. The third kappa shape index (κ3) is 2.84. The standard InChI is InChI=1S/C11H15N3/c1-9-6-10(7-12)4-5-11(9)8-13-14(2)3/h4-6,13H,8H2,1-3H3. The third-order valence-corrected chi connectivity index (χ3v) is 2.06. The quantitative estimate of drug-likeness (QED) is 0.731. The van der Waals surface area contributed by atoms with Crippen molar-refractivity contribution in [1.29, 1.82) is 5.26 Å². The van der Waals surface area contributed by atoms with Crippen LogP contribution >= 0.6 is 0 Å².